The summed E-state index contributed by atoms with van der Waals surface area (Å²) < 4.78 is 4.68. The lowest BCUT2D eigenvalue weighted by Gasteiger charge is -2.13. The largest absolute Gasteiger partial charge is 0.317 e. The number of para-hydroxylation sites is 2. The Labute approximate surface area is 268 Å². The van der Waals surface area contributed by atoms with E-state index in [2.05, 4.69) is 173 Å². The first-order valence-corrected chi connectivity index (χ1v) is 16.0. The molecule has 0 N–H and O–H groups in total. The highest BCUT2D eigenvalue weighted by molar-refractivity contribution is 6.18. The summed E-state index contributed by atoms with van der Waals surface area (Å²) in [6.45, 7) is 4.00. The Morgan fingerprint density at radius 2 is 1.00 bits per heavy atom. The molecule has 0 radical (unpaired) electrons. The second kappa shape index (κ2) is 11.5. The Kier molecular flexibility index (Phi) is 6.92. The van der Waals surface area contributed by atoms with Crippen molar-refractivity contribution in [2.75, 3.05) is 0 Å². The van der Waals surface area contributed by atoms with Gasteiger partial charge in [0.15, 0.2) is 0 Å². The van der Waals surface area contributed by atoms with Gasteiger partial charge in [0.25, 0.3) is 0 Å². The maximum absolute atomic E-state index is 5.14. The van der Waals surface area contributed by atoms with Crippen LogP contribution in [0.25, 0.3) is 77.4 Å². The minimum Gasteiger partial charge on any atom is -0.317 e. The predicted molar refractivity (Wildman–Crippen MR) is 195 cm³/mol. The summed E-state index contributed by atoms with van der Waals surface area (Å²) in [6.07, 6.45) is 2.18. The number of rotatable bonds is 4. The zero-order valence-corrected chi connectivity index (χ0v) is 25.9. The SMILES string of the molecule is CC.c1ccc(-c2cc(-n3c4ccccc4c4cc5c(ccc6c5ccn6-c5ccccc5)cc43)cc(-c3ccccc3)n2)cc1. The van der Waals surface area contributed by atoms with Gasteiger partial charge in [0.1, 0.15) is 0 Å². The summed E-state index contributed by atoms with van der Waals surface area (Å²) in [6, 6.07) is 56.2. The van der Waals surface area contributed by atoms with Crippen molar-refractivity contribution in [3.05, 3.63) is 164 Å². The lowest BCUT2D eigenvalue weighted by Crippen LogP contribution is -1.98. The van der Waals surface area contributed by atoms with Crippen molar-refractivity contribution in [3.63, 3.8) is 0 Å². The van der Waals surface area contributed by atoms with Crippen molar-refractivity contribution in [2.45, 2.75) is 13.8 Å². The fraction of sp³-hybridized carbons (Fsp3) is 0.0465. The standard InChI is InChI=1S/C41H27N3.C2H6/c1-4-12-28(13-5-1)37-25-32(26-38(42-37)29-14-6-2-7-15-29)44-40-19-11-10-18-33(40)36-27-35-30(24-41(36)44)20-21-39-34(35)22-23-43(39)31-16-8-3-9-17-31;1-2/h1-27H;1-2H3. The smallest absolute Gasteiger partial charge is 0.0730 e. The lowest BCUT2D eigenvalue weighted by molar-refractivity contribution is 1.13. The van der Waals surface area contributed by atoms with Crippen LogP contribution in [0, 0.1) is 0 Å². The number of benzene rings is 6. The Morgan fingerprint density at radius 1 is 0.413 bits per heavy atom. The van der Waals surface area contributed by atoms with E-state index in [-0.39, 0.29) is 0 Å². The van der Waals surface area contributed by atoms with E-state index in [0.29, 0.717) is 0 Å². The maximum atomic E-state index is 5.14. The van der Waals surface area contributed by atoms with Gasteiger partial charge in [-0.1, -0.05) is 117 Å². The summed E-state index contributed by atoms with van der Waals surface area (Å²) in [5.74, 6) is 0. The fourth-order valence-corrected chi connectivity index (χ4v) is 6.66. The molecule has 0 saturated heterocycles. The van der Waals surface area contributed by atoms with Crippen LogP contribution in [0.3, 0.4) is 0 Å². The summed E-state index contributed by atoms with van der Waals surface area (Å²) in [5, 5.41) is 6.22. The van der Waals surface area contributed by atoms with E-state index < -0.39 is 0 Å². The topological polar surface area (TPSA) is 22.8 Å². The summed E-state index contributed by atoms with van der Waals surface area (Å²) in [4.78, 5) is 5.14. The van der Waals surface area contributed by atoms with E-state index in [1.165, 1.54) is 49.2 Å². The van der Waals surface area contributed by atoms with Gasteiger partial charge in [-0.05, 0) is 65.4 Å². The first kappa shape index (κ1) is 27.6. The summed E-state index contributed by atoms with van der Waals surface area (Å²) in [5.41, 5.74) is 9.95. The molecule has 3 aromatic heterocycles. The first-order valence-electron chi connectivity index (χ1n) is 16.0. The number of hydrogen-bond donors (Lipinski definition) is 0. The Balaban J connectivity index is 0.00000153. The van der Waals surface area contributed by atoms with E-state index in [9.17, 15) is 0 Å². The molecule has 0 fully saturated rings. The Hall–Kier alpha value is -5.93. The molecular formula is C43H33N3. The van der Waals surface area contributed by atoms with E-state index in [1.54, 1.807) is 0 Å². The molecule has 0 aliphatic rings. The van der Waals surface area contributed by atoms with Crippen LogP contribution in [0.1, 0.15) is 13.8 Å². The molecule has 3 heterocycles. The van der Waals surface area contributed by atoms with Crippen LogP contribution in [0.15, 0.2) is 164 Å². The average molecular weight is 592 g/mol. The molecule has 0 unspecified atom stereocenters. The first-order chi connectivity index (χ1) is 22.8. The zero-order chi connectivity index (χ0) is 31.0. The molecule has 0 saturated carbocycles. The average Bonchev–Trinajstić information content (AvgIpc) is 3.72. The molecule has 9 rings (SSSR count). The predicted octanol–water partition coefficient (Wildman–Crippen LogP) is 11.6. The van der Waals surface area contributed by atoms with E-state index in [0.717, 1.165) is 28.2 Å². The molecular weight excluding hydrogens is 558 g/mol. The van der Waals surface area contributed by atoms with Gasteiger partial charge in [0.2, 0.25) is 0 Å². The van der Waals surface area contributed by atoms with Gasteiger partial charge in [-0.25, -0.2) is 4.98 Å². The van der Waals surface area contributed by atoms with Gasteiger partial charge in [-0.2, -0.15) is 0 Å². The van der Waals surface area contributed by atoms with Crippen LogP contribution in [0.4, 0.5) is 0 Å². The Morgan fingerprint density at radius 3 is 1.67 bits per heavy atom. The number of hydrogen-bond acceptors (Lipinski definition) is 1. The van der Waals surface area contributed by atoms with E-state index in [1.807, 2.05) is 13.8 Å². The summed E-state index contributed by atoms with van der Waals surface area (Å²) in [7, 11) is 0. The number of fused-ring (bicyclic) bond motifs is 6. The molecule has 3 heteroatoms. The van der Waals surface area contributed by atoms with Crippen LogP contribution < -0.4 is 0 Å². The fourth-order valence-electron chi connectivity index (χ4n) is 6.66. The number of pyridine rings is 1. The zero-order valence-electron chi connectivity index (χ0n) is 25.9. The number of aromatic nitrogens is 3. The van der Waals surface area contributed by atoms with Crippen LogP contribution in [0.2, 0.25) is 0 Å². The lowest BCUT2D eigenvalue weighted by atomic mass is 10.0. The molecule has 220 valence electrons. The molecule has 46 heavy (non-hydrogen) atoms. The molecule has 6 aromatic carbocycles. The molecule has 0 bridgehead atoms. The van der Waals surface area contributed by atoms with Gasteiger partial charge < -0.3 is 9.13 Å². The van der Waals surface area contributed by atoms with E-state index >= 15 is 0 Å². The van der Waals surface area contributed by atoms with Crippen LogP contribution in [-0.4, -0.2) is 14.1 Å². The second-order valence-electron chi connectivity index (χ2n) is 11.3. The van der Waals surface area contributed by atoms with Gasteiger partial charge in [-0.15, -0.1) is 0 Å². The highest BCUT2D eigenvalue weighted by Gasteiger charge is 2.17. The van der Waals surface area contributed by atoms with Crippen LogP contribution in [0.5, 0.6) is 0 Å². The third-order valence-corrected chi connectivity index (χ3v) is 8.72. The molecule has 0 atom stereocenters. The summed E-state index contributed by atoms with van der Waals surface area (Å²) >= 11 is 0. The van der Waals surface area contributed by atoms with Crippen molar-refractivity contribution in [1.82, 2.24) is 14.1 Å². The van der Waals surface area contributed by atoms with Gasteiger partial charge in [-0.3, -0.25) is 0 Å². The van der Waals surface area contributed by atoms with Crippen molar-refractivity contribution in [2.24, 2.45) is 0 Å². The van der Waals surface area contributed by atoms with Crippen molar-refractivity contribution >= 4 is 43.5 Å². The Bertz CT molecular complexity index is 2410. The van der Waals surface area contributed by atoms with Crippen molar-refractivity contribution < 1.29 is 0 Å². The minimum absolute atomic E-state index is 0.956. The second-order valence-corrected chi connectivity index (χ2v) is 11.3. The maximum Gasteiger partial charge on any atom is 0.0730 e. The van der Waals surface area contributed by atoms with Crippen LogP contribution >= 0.6 is 0 Å². The van der Waals surface area contributed by atoms with Gasteiger partial charge >= 0.3 is 0 Å². The minimum atomic E-state index is 0.956. The molecule has 0 aliphatic heterocycles. The highest BCUT2D eigenvalue weighted by Crippen LogP contribution is 2.39. The van der Waals surface area contributed by atoms with Crippen molar-refractivity contribution in [3.8, 4) is 33.9 Å². The van der Waals surface area contributed by atoms with Gasteiger partial charge in [0.05, 0.1) is 33.6 Å². The quantitative estimate of drug-likeness (QED) is 0.200. The monoisotopic (exact) mass is 591 g/mol. The normalized spacial score (nSPS) is 11.3. The van der Waals surface area contributed by atoms with E-state index in [4.69, 9.17) is 4.98 Å². The molecule has 0 amide bonds. The number of nitrogens with zero attached hydrogens (tertiary/aromatic N) is 3. The van der Waals surface area contributed by atoms with Crippen molar-refractivity contribution in [1.29, 1.82) is 0 Å². The molecule has 0 aliphatic carbocycles. The van der Waals surface area contributed by atoms with Crippen LogP contribution in [-0.2, 0) is 0 Å². The molecule has 3 nitrogen and oxygen atoms in total. The molecule has 9 aromatic rings. The highest BCUT2D eigenvalue weighted by atomic mass is 15.0. The third-order valence-electron chi connectivity index (χ3n) is 8.72. The third kappa shape index (κ3) is 4.56. The molecule has 0 spiro atoms. The van der Waals surface area contributed by atoms with Gasteiger partial charge in [0, 0.05) is 39.2 Å².